The van der Waals surface area contributed by atoms with E-state index in [0.29, 0.717) is 0 Å². The topological polar surface area (TPSA) is 77.4 Å². The number of hydrogen-bond acceptors (Lipinski definition) is 6. The third kappa shape index (κ3) is 6.13. The zero-order valence-corrected chi connectivity index (χ0v) is 21.1. The van der Waals surface area contributed by atoms with E-state index in [9.17, 15) is 10.2 Å². The number of ether oxygens (including phenoxy) is 4. The highest BCUT2D eigenvalue weighted by Crippen LogP contribution is 2.42. The number of benzene rings is 2. The molecule has 2 saturated heterocycles. The molecule has 0 amide bonds. The van der Waals surface area contributed by atoms with Crippen LogP contribution >= 0.6 is 0 Å². The van der Waals surface area contributed by atoms with Gasteiger partial charge in [-0.1, -0.05) is 88.6 Å². The van der Waals surface area contributed by atoms with E-state index in [1.54, 1.807) is 0 Å². The molecule has 0 spiro atoms. The van der Waals surface area contributed by atoms with Crippen molar-refractivity contribution in [2.75, 3.05) is 6.61 Å². The van der Waals surface area contributed by atoms with Crippen molar-refractivity contribution in [3.05, 3.63) is 70.8 Å². The molecule has 0 radical (unpaired) electrons. The van der Waals surface area contributed by atoms with Gasteiger partial charge in [-0.3, -0.25) is 0 Å². The molecule has 6 heteroatoms. The van der Waals surface area contributed by atoms with Crippen LogP contribution < -0.4 is 0 Å². The van der Waals surface area contributed by atoms with Crippen molar-refractivity contribution in [2.45, 2.75) is 102 Å². The third-order valence-electron chi connectivity index (χ3n) is 6.88. The van der Waals surface area contributed by atoms with E-state index in [2.05, 4.69) is 45.0 Å². The maximum absolute atomic E-state index is 10.7. The quantitative estimate of drug-likeness (QED) is 0.494. The number of aryl methyl sites for hydroxylation is 2. The summed E-state index contributed by atoms with van der Waals surface area (Å²) in [4.78, 5) is 0. The van der Waals surface area contributed by atoms with Crippen molar-refractivity contribution in [3.8, 4) is 0 Å². The number of rotatable bonds is 10. The summed E-state index contributed by atoms with van der Waals surface area (Å²) in [5, 5.41) is 20.5. The van der Waals surface area contributed by atoms with Gasteiger partial charge in [0.25, 0.3) is 0 Å². The molecule has 35 heavy (non-hydrogen) atoms. The Kier molecular flexibility index (Phi) is 9.34. The molecule has 0 bridgehead atoms. The monoisotopic (exact) mass is 484 g/mol. The second-order valence-corrected chi connectivity index (χ2v) is 9.66. The van der Waals surface area contributed by atoms with Gasteiger partial charge in [0.05, 0.1) is 12.7 Å². The summed E-state index contributed by atoms with van der Waals surface area (Å²) in [5.41, 5.74) is 4.34. The van der Waals surface area contributed by atoms with E-state index in [0.717, 1.165) is 49.7 Å². The summed E-state index contributed by atoms with van der Waals surface area (Å²) in [6, 6.07) is 16.5. The van der Waals surface area contributed by atoms with Crippen LogP contribution in [0.3, 0.4) is 0 Å². The van der Waals surface area contributed by atoms with E-state index in [1.165, 1.54) is 11.1 Å². The maximum atomic E-state index is 10.7. The van der Waals surface area contributed by atoms with Crippen LogP contribution in [-0.2, 0) is 31.8 Å². The van der Waals surface area contributed by atoms with Crippen molar-refractivity contribution < 1.29 is 29.2 Å². The maximum Gasteiger partial charge on any atom is 0.184 e. The second kappa shape index (κ2) is 12.4. The molecule has 2 aromatic carbocycles. The highest BCUT2D eigenvalue weighted by molar-refractivity contribution is 5.25. The minimum atomic E-state index is -1.10. The highest BCUT2D eigenvalue weighted by Gasteiger charge is 2.51. The Hall–Kier alpha value is -1.80. The average molecular weight is 485 g/mol. The number of fused-ring (bicyclic) bond motifs is 1. The van der Waals surface area contributed by atoms with Crippen molar-refractivity contribution >= 4 is 0 Å². The van der Waals surface area contributed by atoms with Gasteiger partial charge < -0.3 is 29.2 Å². The zero-order chi connectivity index (χ0) is 24.8. The lowest BCUT2D eigenvalue weighted by atomic mass is 9.93. The van der Waals surface area contributed by atoms with Crippen LogP contribution in [0.1, 0.15) is 81.3 Å². The fourth-order valence-corrected chi connectivity index (χ4v) is 5.03. The number of aliphatic hydroxyl groups is 2. The lowest BCUT2D eigenvalue weighted by Gasteiger charge is -2.50. The molecule has 2 aliphatic heterocycles. The summed E-state index contributed by atoms with van der Waals surface area (Å²) < 4.78 is 25.5. The predicted molar refractivity (Wildman–Crippen MR) is 134 cm³/mol. The zero-order valence-electron chi connectivity index (χ0n) is 21.1. The average Bonchev–Trinajstić information content (AvgIpc) is 2.89. The van der Waals surface area contributed by atoms with Gasteiger partial charge in [0, 0.05) is 11.1 Å². The molecule has 0 saturated carbocycles. The molecule has 2 N–H and O–H groups in total. The SMILES string of the molecule is CCCc1ccc(C2OC(C(O)CO)C3OC(c4ccc(CCC)cc4)OC(CCC)C3O2)cc1. The van der Waals surface area contributed by atoms with Crippen LogP contribution in [-0.4, -0.2) is 47.3 Å². The van der Waals surface area contributed by atoms with E-state index in [4.69, 9.17) is 18.9 Å². The van der Waals surface area contributed by atoms with Gasteiger partial charge in [-0.05, 0) is 30.4 Å². The summed E-state index contributed by atoms with van der Waals surface area (Å²) in [7, 11) is 0. The minimum absolute atomic E-state index is 0.224. The molecule has 2 heterocycles. The van der Waals surface area contributed by atoms with Crippen LogP contribution in [0.5, 0.6) is 0 Å². The van der Waals surface area contributed by atoms with E-state index in [1.807, 2.05) is 24.3 Å². The van der Waals surface area contributed by atoms with Gasteiger partial charge >= 0.3 is 0 Å². The molecular formula is C29H40O6. The standard InChI is InChI=1S/C29H40O6/c1-4-7-19-10-14-21(15-11-19)28-32-24(9-6-3)26-27(35-28)25(23(31)18-30)33-29(34-26)22-16-12-20(8-5-2)13-17-22/h10-17,23-31H,4-9,18H2,1-3H3. The fraction of sp³-hybridized carbons (Fsp3) is 0.586. The first-order valence-corrected chi connectivity index (χ1v) is 13.2. The van der Waals surface area contributed by atoms with Gasteiger partial charge in [-0.25, -0.2) is 0 Å². The Bertz CT molecular complexity index is 898. The molecule has 192 valence electrons. The molecule has 2 fully saturated rings. The molecule has 2 aromatic rings. The van der Waals surface area contributed by atoms with Crippen LogP contribution in [0, 0.1) is 0 Å². The molecular weight excluding hydrogens is 444 g/mol. The van der Waals surface area contributed by atoms with E-state index in [-0.39, 0.29) is 6.10 Å². The van der Waals surface area contributed by atoms with Gasteiger partial charge in [0.1, 0.15) is 24.4 Å². The van der Waals surface area contributed by atoms with Gasteiger partial charge in [-0.15, -0.1) is 0 Å². The minimum Gasteiger partial charge on any atom is -0.394 e. The van der Waals surface area contributed by atoms with E-state index >= 15 is 0 Å². The van der Waals surface area contributed by atoms with Crippen molar-refractivity contribution in [1.29, 1.82) is 0 Å². The van der Waals surface area contributed by atoms with Crippen molar-refractivity contribution in [2.24, 2.45) is 0 Å². The van der Waals surface area contributed by atoms with Crippen LogP contribution in [0.2, 0.25) is 0 Å². The van der Waals surface area contributed by atoms with E-state index < -0.39 is 43.6 Å². The van der Waals surface area contributed by atoms with Crippen LogP contribution in [0.4, 0.5) is 0 Å². The molecule has 7 unspecified atom stereocenters. The molecule has 7 atom stereocenters. The Balaban J connectivity index is 1.59. The Morgan fingerprint density at radius 1 is 0.686 bits per heavy atom. The first-order valence-electron chi connectivity index (χ1n) is 13.2. The molecule has 0 aromatic heterocycles. The first-order chi connectivity index (χ1) is 17.1. The fourth-order valence-electron chi connectivity index (χ4n) is 5.03. The van der Waals surface area contributed by atoms with Crippen LogP contribution in [0.25, 0.3) is 0 Å². The van der Waals surface area contributed by atoms with Gasteiger partial charge in [0.15, 0.2) is 12.6 Å². The first kappa shape index (κ1) is 26.3. The summed E-state index contributed by atoms with van der Waals surface area (Å²) in [6.45, 7) is 6.02. The van der Waals surface area contributed by atoms with Crippen molar-refractivity contribution in [1.82, 2.24) is 0 Å². The lowest BCUT2D eigenvalue weighted by Crippen LogP contribution is -2.61. The molecule has 0 aliphatic carbocycles. The molecule has 4 rings (SSSR count). The number of aliphatic hydroxyl groups excluding tert-OH is 2. The van der Waals surface area contributed by atoms with Gasteiger partial charge in [0.2, 0.25) is 0 Å². The Morgan fingerprint density at radius 3 is 1.69 bits per heavy atom. The van der Waals surface area contributed by atoms with Crippen LogP contribution in [0.15, 0.2) is 48.5 Å². The molecule has 6 nitrogen and oxygen atoms in total. The Labute approximate surface area is 209 Å². The van der Waals surface area contributed by atoms with Crippen molar-refractivity contribution in [3.63, 3.8) is 0 Å². The predicted octanol–water partition coefficient (Wildman–Crippen LogP) is 5.01. The molecule has 2 aliphatic rings. The normalized spacial score (nSPS) is 29.5. The second-order valence-electron chi connectivity index (χ2n) is 9.66. The highest BCUT2D eigenvalue weighted by atomic mass is 16.8. The smallest absolute Gasteiger partial charge is 0.184 e. The third-order valence-corrected chi connectivity index (χ3v) is 6.88. The summed E-state index contributed by atoms with van der Waals surface area (Å²) in [6.07, 6.45) is 1.61. The summed E-state index contributed by atoms with van der Waals surface area (Å²) in [5.74, 6) is 0. The largest absolute Gasteiger partial charge is 0.394 e. The summed E-state index contributed by atoms with van der Waals surface area (Å²) >= 11 is 0. The number of hydrogen-bond donors (Lipinski definition) is 2. The Morgan fingerprint density at radius 2 is 1.20 bits per heavy atom. The van der Waals surface area contributed by atoms with Gasteiger partial charge in [-0.2, -0.15) is 0 Å². The lowest BCUT2D eigenvalue weighted by molar-refractivity contribution is -0.391.